The van der Waals surface area contributed by atoms with Crippen LogP contribution in [0.5, 0.6) is 0 Å². The third-order valence-corrected chi connectivity index (χ3v) is 3.46. The highest BCUT2D eigenvalue weighted by atomic mass is 79.9. The van der Waals surface area contributed by atoms with Gasteiger partial charge in [0.05, 0.1) is 11.3 Å². The monoisotopic (exact) mass is 349 g/mol. The van der Waals surface area contributed by atoms with E-state index in [1.165, 1.54) is 22.9 Å². The van der Waals surface area contributed by atoms with E-state index in [9.17, 15) is 8.78 Å². The highest BCUT2D eigenvalue weighted by Gasteiger charge is 2.17. The minimum Gasteiger partial charge on any atom is -0.384 e. The number of halogens is 3. The first-order valence-electron chi connectivity index (χ1n) is 6.12. The van der Waals surface area contributed by atoms with Crippen LogP contribution in [0.2, 0.25) is 0 Å². The number of benzene rings is 2. The Bertz CT molecular complexity index is 777. The van der Waals surface area contributed by atoms with E-state index in [2.05, 4.69) is 21.0 Å². The first-order chi connectivity index (χ1) is 10.1. The van der Waals surface area contributed by atoms with Crippen LogP contribution in [0.3, 0.4) is 0 Å². The van der Waals surface area contributed by atoms with E-state index in [0.29, 0.717) is 10.3 Å². The second-order valence-electron chi connectivity index (χ2n) is 4.45. The van der Waals surface area contributed by atoms with Gasteiger partial charge in [-0.25, -0.2) is 13.5 Å². The van der Waals surface area contributed by atoms with Crippen molar-refractivity contribution < 1.29 is 8.78 Å². The van der Waals surface area contributed by atoms with Gasteiger partial charge in [0.15, 0.2) is 0 Å². The third-order valence-electron chi connectivity index (χ3n) is 3.00. The number of aromatic nitrogens is 2. The van der Waals surface area contributed by atoms with Crippen molar-refractivity contribution in [2.45, 2.75) is 0 Å². The summed E-state index contributed by atoms with van der Waals surface area (Å²) in [5.41, 5.74) is 6.57. The Balaban J connectivity index is 2.14. The van der Waals surface area contributed by atoms with E-state index >= 15 is 0 Å². The van der Waals surface area contributed by atoms with Gasteiger partial charge in [0, 0.05) is 10.5 Å². The molecule has 0 radical (unpaired) electrons. The summed E-state index contributed by atoms with van der Waals surface area (Å²) in [5.74, 6) is -1.09. The van der Waals surface area contributed by atoms with Crippen LogP contribution >= 0.6 is 15.9 Å². The molecule has 3 rings (SSSR count). The Morgan fingerprint density at radius 1 is 1.00 bits per heavy atom. The van der Waals surface area contributed by atoms with Gasteiger partial charge in [0.1, 0.15) is 23.1 Å². The van der Waals surface area contributed by atoms with Crippen molar-refractivity contribution in [2.24, 2.45) is 0 Å². The minimum absolute atomic E-state index is 0.152. The van der Waals surface area contributed by atoms with Crippen molar-refractivity contribution in [3.63, 3.8) is 0 Å². The molecular formula is C15H10BrF2N3. The summed E-state index contributed by atoms with van der Waals surface area (Å²) in [6, 6.07) is 13.0. The Hall–Kier alpha value is -2.21. The number of nitrogens with two attached hydrogens (primary N) is 1. The highest BCUT2D eigenvalue weighted by molar-refractivity contribution is 9.10. The van der Waals surface area contributed by atoms with Crippen LogP contribution in [0.15, 0.2) is 53.0 Å². The van der Waals surface area contributed by atoms with Crippen LogP contribution in [0.25, 0.3) is 16.9 Å². The Kier molecular flexibility index (Phi) is 3.47. The molecule has 0 fully saturated rings. The van der Waals surface area contributed by atoms with Gasteiger partial charge < -0.3 is 5.73 Å². The van der Waals surface area contributed by atoms with Gasteiger partial charge in [-0.05, 0) is 24.3 Å². The number of hydrogen-bond acceptors (Lipinski definition) is 2. The third kappa shape index (κ3) is 2.54. The van der Waals surface area contributed by atoms with Crippen LogP contribution in [0.4, 0.5) is 14.6 Å². The molecule has 0 bridgehead atoms. The Morgan fingerprint density at radius 2 is 1.62 bits per heavy atom. The number of para-hydroxylation sites is 1. The lowest BCUT2D eigenvalue weighted by molar-refractivity contribution is 0.586. The first-order valence-corrected chi connectivity index (χ1v) is 6.91. The van der Waals surface area contributed by atoms with Gasteiger partial charge in [-0.2, -0.15) is 5.10 Å². The van der Waals surface area contributed by atoms with Gasteiger partial charge in [-0.1, -0.05) is 34.1 Å². The maximum Gasteiger partial charge on any atom is 0.136 e. The molecule has 0 aliphatic heterocycles. The average Bonchev–Trinajstić information content (AvgIpc) is 2.80. The summed E-state index contributed by atoms with van der Waals surface area (Å²) in [6.07, 6.45) is 0. The number of rotatable bonds is 2. The molecule has 0 aliphatic rings. The predicted molar refractivity (Wildman–Crippen MR) is 81.0 cm³/mol. The van der Waals surface area contributed by atoms with Gasteiger partial charge in [0.2, 0.25) is 0 Å². The number of anilines is 1. The molecule has 0 atom stereocenters. The second-order valence-corrected chi connectivity index (χ2v) is 5.36. The molecule has 0 saturated heterocycles. The molecule has 6 heteroatoms. The van der Waals surface area contributed by atoms with Crippen molar-refractivity contribution in [1.29, 1.82) is 0 Å². The Morgan fingerprint density at radius 3 is 2.24 bits per heavy atom. The quantitative estimate of drug-likeness (QED) is 0.754. The highest BCUT2D eigenvalue weighted by Crippen LogP contribution is 2.30. The normalized spacial score (nSPS) is 10.8. The van der Waals surface area contributed by atoms with Gasteiger partial charge >= 0.3 is 0 Å². The minimum atomic E-state index is -0.695. The van der Waals surface area contributed by atoms with Crippen LogP contribution in [0, 0.1) is 11.6 Å². The lowest BCUT2D eigenvalue weighted by Crippen LogP contribution is -2.01. The van der Waals surface area contributed by atoms with E-state index in [1.807, 2.05) is 18.2 Å². The zero-order chi connectivity index (χ0) is 15.0. The van der Waals surface area contributed by atoms with Crippen molar-refractivity contribution >= 4 is 21.7 Å². The SMILES string of the molecule is Nc1cc(-c2c(F)cc(Br)cc2F)nn1-c1ccccc1. The van der Waals surface area contributed by atoms with E-state index in [0.717, 1.165) is 5.69 Å². The molecule has 0 saturated carbocycles. The van der Waals surface area contributed by atoms with E-state index in [-0.39, 0.29) is 11.3 Å². The van der Waals surface area contributed by atoms with E-state index < -0.39 is 11.6 Å². The van der Waals surface area contributed by atoms with Crippen LogP contribution in [-0.2, 0) is 0 Å². The summed E-state index contributed by atoms with van der Waals surface area (Å²) in [6.45, 7) is 0. The maximum atomic E-state index is 14.0. The smallest absolute Gasteiger partial charge is 0.136 e. The van der Waals surface area contributed by atoms with Crippen molar-refractivity contribution in [2.75, 3.05) is 5.73 Å². The molecule has 3 aromatic rings. The lowest BCUT2D eigenvalue weighted by atomic mass is 10.1. The zero-order valence-corrected chi connectivity index (χ0v) is 12.3. The fourth-order valence-corrected chi connectivity index (χ4v) is 2.48. The topological polar surface area (TPSA) is 43.8 Å². The fraction of sp³-hybridized carbons (Fsp3) is 0. The maximum absolute atomic E-state index is 14.0. The molecule has 0 aliphatic carbocycles. The van der Waals surface area contributed by atoms with E-state index in [4.69, 9.17) is 5.73 Å². The molecule has 0 spiro atoms. The average molecular weight is 350 g/mol. The largest absolute Gasteiger partial charge is 0.384 e. The Labute approximate surface area is 128 Å². The molecule has 1 aromatic heterocycles. The molecule has 3 nitrogen and oxygen atoms in total. The molecule has 2 aromatic carbocycles. The molecule has 1 heterocycles. The van der Waals surface area contributed by atoms with Crippen molar-refractivity contribution in [3.05, 3.63) is 64.6 Å². The molecule has 2 N–H and O–H groups in total. The lowest BCUT2D eigenvalue weighted by Gasteiger charge is -2.04. The second kappa shape index (κ2) is 5.29. The van der Waals surface area contributed by atoms with Crippen LogP contribution in [0.1, 0.15) is 0 Å². The standard InChI is InChI=1S/C15H10BrF2N3/c16-9-6-11(17)15(12(18)7-9)13-8-14(19)21(20-13)10-4-2-1-3-5-10/h1-8H,19H2. The van der Waals surface area contributed by atoms with Gasteiger partial charge in [-0.3, -0.25) is 0 Å². The van der Waals surface area contributed by atoms with E-state index in [1.54, 1.807) is 12.1 Å². The predicted octanol–water partition coefficient (Wildman–Crippen LogP) is 4.16. The number of hydrogen-bond donors (Lipinski definition) is 1. The molecular weight excluding hydrogens is 340 g/mol. The van der Waals surface area contributed by atoms with Crippen molar-refractivity contribution in [3.8, 4) is 16.9 Å². The van der Waals surface area contributed by atoms with Crippen LogP contribution in [-0.4, -0.2) is 9.78 Å². The summed E-state index contributed by atoms with van der Waals surface area (Å²) in [7, 11) is 0. The molecule has 21 heavy (non-hydrogen) atoms. The van der Waals surface area contributed by atoms with Crippen molar-refractivity contribution in [1.82, 2.24) is 9.78 Å². The summed E-state index contributed by atoms with van der Waals surface area (Å²) >= 11 is 3.05. The number of nitrogen functional groups attached to an aromatic ring is 1. The molecule has 0 amide bonds. The number of nitrogens with zero attached hydrogens (tertiary/aromatic N) is 2. The summed E-state index contributed by atoms with van der Waals surface area (Å²) < 4.78 is 29.7. The van der Waals surface area contributed by atoms with Gasteiger partial charge in [-0.15, -0.1) is 0 Å². The molecule has 106 valence electrons. The van der Waals surface area contributed by atoms with Gasteiger partial charge in [0.25, 0.3) is 0 Å². The zero-order valence-electron chi connectivity index (χ0n) is 10.7. The molecule has 0 unspecified atom stereocenters. The first kappa shape index (κ1) is 13.8. The van der Waals surface area contributed by atoms with Crippen LogP contribution < -0.4 is 5.73 Å². The summed E-state index contributed by atoms with van der Waals surface area (Å²) in [5, 5.41) is 4.20. The summed E-state index contributed by atoms with van der Waals surface area (Å²) in [4.78, 5) is 0. The fourth-order valence-electron chi connectivity index (χ4n) is 2.08.